The molecule has 0 aliphatic heterocycles. The zero-order valence-electron chi connectivity index (χ0n) is 10.2. The average Bonchev–Trinajstić information content (AvgIpc) is 2.29. The average molecular weight is 300 g/mol. The van der Waals surface area contributed by atoms with Gasteiger partial charge in [0.2, 0.25) is 0 Å². The highest BCUT2D eigenvalue weighted by atomic mass is 79.9. The molecule has 0 amide bonds. The second-order valence-corrected chi connectivity index (χ2v) is 4.97. The molecule has 1 aromatic carbocycles. The normalized spacial score (nSPS) is 12.4. The molecule has 1 nitrogen and oxygen atoms in total. The highest BCUT2D eigenvalue weighted by Crippen LogP contribution is 2.20. The van der Waals surface area contributed by atoms with E-state index in [1.54, 1.807) is 0 Å². The van der Waals surface area contributed by atoms with Gasteiger partial charge in [0.1, 0.15) is 5.82 Å². The SMILES string of the molecule is C=CCC(Cc1ccc(F)cc1Br)NCCC. The molecule has 0 aliphatic rings. The lowest BCUT2D eigenvalue weighted by molar-refractivity contribution is 0.511. The van der Waals surface area contributed by atoms with E-state index in [4.69, 9.17) is 0 Å². The molecule has 0 aliphatic carbocycles. The van der Waals surface area contributed by atoms with Crippen molar-refractivity contribution in [1.82, 2.24) is 5.32 Å². The van der Waals surface area contributed by atoms with Crippen molar-refractivity contribution >= 4 is 15.9 Å². The Morgan fingerprint density at radius 2 is 2.29 bits per heavy atom. The summed E-state index contributed by atoms with van der Waals surface area (Å²) in [7, 11) is 0. The van der Waals surface area contributed by atoms with Gasteiger partial charge in [-0.1, -0.05) is 35.0 Å². The van der Waals surface area contributed by atoms with Crippen LogP contribution in [0.15, 0.2) is 35.3 Å². The minimum absolute atomic E-state index is 0.206. The van der Waals surface area contributed by atoms with Crippen LogP contribution in [0.1, 0.15) is 25.3 Å². The second kappa shape index (κ2) is 7.62. The summed E-state index contributed by atoms with van der Waals surface area (Å²) in [5, 5.41) is 3.47. The Hall–Kier alpha value is -0.670. The summed E-state index contributed by atoms with van der Waals surface area (Å²) < 4.78 is 13.8. The molecule has 1 atom stereocenters. The highest BCUT2D eigenvalue weighted by molar-refractivity contribution is 9.10. The van der Waals surface area contributed by atoms with Crippen LogP contribution in [0.5, 0.6) is 0 Å². The smallest absolute Gasteiger partial charge is 0.124 e. The molecular formula is C14H19BrFN. The zero-order valence-corrected chi connectivity index (χ0v) is 11.8. The summed E-state index contributed by atoms with van der Waals surface area (Å²) in [4.78, 5) is 0. The first-order chi connectivity index (χ1) is 8.17. The van der Waals surface area contributed by atoms with Crippen LogP contribution in [0.3, 0.4) is 0 Å². The fourth-order valence-electron chi connectivity index (χ4n) is 1.74. The maximum Gasteiger partial charge on any atom is 0.124 e. The van der Waals surface area contributed by atoms with E-state index >= 15 is 0 Å². The number of hydrogen-bond donors (Lipinski definition) is 1. The Morgan fingerprint density at radius 1 is 1.53 bits per heavy atom. The van der Waals surface area contributed by atoms with Crippen molar-refractivity contribution in [2.75, 3.05) is 6.54 Å². The van der Waals surface area contributed by atoms with Gasteiger partial charge >= 0.3 is 0 Å². The van der Waals surface area contributed by atoms with E-state index in [0.717, 1.165) is 35.8 Å². The molecule has 94 valence electrons. The lowest BCUT2D eigenvalue weighted by Crippen LogP contribution is -2.31. The zero-order chi connectivity index (χ0) is 12.7. The fourth-order valence-corrected chi connectivity index (χ4v) is 2.25. The van der Waals surface area contributed by atoms with Gasteiger partial charge in [-0.2, -0.15) is 0 Å². The Bertz CT molecular complexity index is 365. The maximum atomic E-state index is 13.0. The van der Waals surface area contributed by atoms with E-state index < -0.39 is 0 Å². The summed E-state index contributed by atoms with van der Waals surface area (Å²) in [6, 6.07) is 5.22. The van der Waals surface area contributed by atoms with E-state index in [1.165, 1.54) is 12.1 Å². The van der Waals surface area contributed by atoms with Crippen LogP contribution in [-0.4, -0.2) is 12.6 Å². The van der Waals surface area contributed by atoms with Crippen LogP contribution in [0.4, 0.5) is 4.39 Å². The van der Waals surface area contributed by atoms with Crippen molar-refractivity contribution in [2.24, 2.45) is 0 Å². The van der Waals surface area contributed by atoms with Gasteiger partial charge in [0.25, 0.3) is 0 Å². The molecule has 1 N–H and O–H groups in total. The van der Waals surface area contributed by atoms with Crippen molar-refractivity contribution in [3.05, 3.63) is 46.7 Å². The molecule has 1 rings (SSSR count). The molecule has 3 heteroatoms. The minimum Gasteiger partial charge on any atom is -0.313 e. The largest absolute Gasteiger partial charge is 0.313 e. The molecule has 1 aromatic rings. The molecule has 17 heavy (non-hydrogen) atoms. The number of nitrogens with one attached hydrogen (secondary N) is 1. The van der Waals surface area contributed by atoms with Gasteiger partial charge in [0.15, 0.2) is 0 Å². The third-order valence-electron chi connectivity index (χ3n) is 2.62. The first-order valence-electron chi connectivity index (χ1n) is 5.95. The molecule has 0 saturated carbocycles. The third kappa shape index (κ3) is 5.00. The molecule has 0 radical (unpaired) electrons. The van der Waals surface area contributed by atoms with Gasteiger partial charge in [0.05, 0.1) is 0 Å². The van der Waals surface area contributed by atoms with Gasteiger partial charge in [-0.25, -0.2) is 4.39 Å². The molecule has 0 aromatic heterocycles. The van der Waals surface area contributed by atoms with Crippen molar-refractivity contribution in [3.8, 4) is 0 Å². The third-order valence-corrected chi connectivity index (χ3v) is 3.35. The van der Waals surface area contributed by atoms with Crippen LogP contribution in [0.25, 0.3) is 0 Å². The summed E-state index contributed by atoms with van der Waals surface area (Å²) in [5.41, 5.74) is 1.13. The molecule has 0 bridgehead atoms. The Balaban J connectivity index is 2.67. The topological polar surface area (TPSA) is 12.0 Å². The Kier molecular flexibility index (Phi) is 6.45. The number of benzene rings is 1. The Morgan fingerprint density at radius 3 is 2.88 bits per heavy atom. The van der Waals surface area contributed by atoms with Crippen molar-refractivity contribution < 1.29 is 4.39 Å². The quantitative estimate of drug-likeness (QED) is 0.748. The van der Waals surface area contributed by atoms with E-state index in [9.17, 15) is 4.39 Å². The van der Waals surface area contributed by atoms with Crippen molar-refractivity contribution in [1.29, 1.82) is 0 Å². The van der Waals surface area contributed by atoms with Gasteiger partial charge in [-0.05, 0) is 43.5 Å². The molecule has 0 heterocycles. The second-order valence-electron chi connectivity index (χ2n) is 4.12. The highest BCUT2D eigenvalue weighted by Gasteiger charge is 2.09. The lowest BCUT2D eigenvalue weighted by atomic mass is 10.0. The fraction of sp³-hybridized carbons (Fsp3) is 0.429. The molecule has 0 saturated heterocycles. The lowest BCUT2D eigenvalue weighted by Gasteiger charge is -2.17. The first kappa shape index (κ1) is 14.4. The number of halogens is 2. The van der Waals surface area contributed by atoms with Gasteiger partial charge in [0, 0.05) is 10.5 Å². The van der Waals surface area contributed by atoms with Crippen molar-refractivity contribution in [2.45, 2.75) is 32.2 Å². The van der Waals surface area contributed by atoms with E-state index in [1.807, 2.05) is 12.1 Å². The minimum atomic E-state index is -0.206. The van der Waals surface area contributed by atoms with E-state index in [-0.39, 0.29) is 5.82 Å². The summed E-state index contributed by atoms with van der Waals surface area (Å²) >= 11 is 3.40. The van der Waals surface area contributed by atoms with E-state index in [2.05, 4.69) is 34.7 Å². The maximum absolute atomic E-state index is 13.0. The Labute approximate surface area is 111 Å². The summed E-state index contributed by atoms with van der Waals surface area (Å²) in [6.45, 7) is 6.92. The van der Waals surface area contributed by atoms with Gasteiger partial charge < -0.3 is 5.32 Å². The van der Waals surface area contributed by atoms with Crippen LogP contribution in [-0.2, 0) is 6.42 Å². The van der Waals surface area contributed by atoms with Crippen molar-refractivity contribution in [3.63, 3.8) is 0 Å². The number of rotatable bonds is 7. The number of hydrogen-bond acceptors (Lipinski definition) is 1. The van der Waals surface area contributed by atoms with Crippen LogP contribution < -0.4 is 5.32 Å². The predicted molar refractivity (Wildman–Crippen MR) is 74.7 cm³/mol. The molecule has 0 spiro atoms. The van der Waals surface area contributed by atoms with Gasteiger partial charge in [-0.15, -0.1) is 6.58 Å². The van der Waals surface area contributed by atoms with Gasteiger partial charge in [-0.3, -0.25) is 0 Å². The van der Waals surface area contributed by atoms with Crippen LogP contribution in [0, 0.1) is 5.82 Å². The van der Waals surface area contributed by atoms with Crippen LogP contribution >= 0.6 is 15.9 Å². The summed E-state index contributed by atoms with van der Waals surface area (Å²) in [5.74, 6) is -0.206. The van der Waals surface area contributed by atoms with Crippen LogP contribution in [0.2, 0.25) is 0 Å². The molecule has 1 unspecified atom stereocenters. The first-order valence-corrected chi connectivity index (χ1v) is 6.74. The molecular weight excluding hydrogens is 281 g/mol. The van der Waals surface area contributed by atoms with E-state index in [0.29, 0.717) is 6.04 Å². The monoisotopic (exact) mass is 299 g/mol. The summed E-state index contributed by atoms with van der Waals surface area (Å²) in [6.07, 6.45) is 4.83. The molecule has 0 fully saturated rings. The standard InChI is InChI=1S/C14H19BrFN/c1-3-5-13(17-8-4-2)9-11-6-7-12(16)10-14(11)15/h3,6-7,10,13,17H,1,4-5,8-9H2,2H3. The predicted octanol–water partition coefficient (Wildman–Crippen LogP) is 4.08.